The van der Waals surface area contributed by atoms with Gasteiger partial charge in [-0.1, -0.05) is 0 Å². The van der Waals surface area contributed by atoms with E-state index in [1.807, 2.05) is 0 Å². The molecule has 0 aromatic rings. The van der Waals surface area contributed by atoms with Crippen molar-refractivity contribution in [3.63, 3.8) is 0 Å². The molecule has 2 unspecified atom stereocenters. The van der Waals surface area contributed by atoms with Crippen molar-refractivity contribution in [3.05, 3.63) is 0 Å². The molecule has 2 nitrogen and oxygen atoms in total. The van der Waals surface area contributed by atoms with Gasteiger partial charge in [0.1, 0.15) is 0 Å². The topological polar surface area (TPSA) is 29.5 Å². The van der Waals surface area contributed by atoms with Gasteiger partial charge in [0.2, 0.25) is 0 Å². The number of aliphatic hydroxyl groups excluding tert-OH is 1. The second-order valence-electron chi connectivity index (χ2n) is 2.55. The van der Waals surface area contributed by atoms with E-state index < -0.39 is 6.29 Å². The van der Waals surface area contributed by atoms with Crippen molar-refractivity contribution < 1.29 is 9.84 Å². The van der Waals surface area contributed by atoms with Crippen molar-refractivity contribution in [2.45, 2.75) is 38.1 Å². The van der Waals surface area contributed by atoms with Gasteiger partial charge in [0, 0.05) is 6.42 Å². The average Bonchev–Trinajstić information content (AvgIpc) is 1.88. The third-order valence-corrected chi connectivity index (χ3v) is 1.67. The van der Waals surface area contributed by atoms with Crippen LogP contribution in [0.25, 0.3) is 0 Å². The molecule has 0 radical (unpaired) electrons. The molecule has 2 heteroatoms. The maximum absolute atomic E-state index is 9.02. The van der Waals surface area contributed by atoms with E-state index in [2.05, 4.69) is 5.92 Å². The van der Waals surface area contributed by atoms with Crippen LogP contribution >= 0.6 is 0 Å². The Balaban J connectivity index is 2.27. The van der Waals surface area contributed by atoms with Gasteiger partial charge in [0.15, 0.2) is 6.29 Å². The summed E-state index contributed by atoms with van der Waals surface area (Å²) in [7, 11) is 0. The van der Waals surface area contributed by atoms with E-state index in [-0.39, 0.29) is 6.10 Å². The van der Waals surface area contributed by atoms with E-state index in [0.29, 0.717) is 6.42 Å². The molecule has 1 aliphatic heterocycles. The van der Waals surface area contributed by atoms with E-state index >= 15 is 0 Å². The highest BCUT2D eigenvalue weighted by Crippen LogP contribution is 2.18. The Morgan fingerprint density at radius 2 is 2.40 bits per heavy atom. The molecule has 56 valence electrons. The SMILES string of the molecule is C#CCC1CCCC(O)O1. The summed E-state index contributed by atoms with van der Waals surface area (Å²) in [6.45, 7) is 0. The Bertz CT molecular complexity index is 137. The molecule has 0 aromatic heterocycles. The van der Waals surface area contributed by atoms with Gasteiger partial charge in [-0.25, -0.2) is 0 Å². The summed E-state index contributed by atoms with van der Waals surface area (Å²) in [5.41, 5.74) is 0. The van der Waals surface area contributed by atoms with Crippen LogP contribution in [0.5, 0.6) is 0 Å². The first-order chi connectivity index (χ1) is 4.83. The molecule has 1 aliphatic rings. The zero-order valence-corrected chi connectivity index (χ0v) is 5.92. The molecule has 0 saturated carbocycles. The Morgan fingerprint density at radius 1 is 1.60 bits per heavy atom. The monoisotopic (exact) mass is 140 g/mol. The first-order valence-corrected chi connectivity index (χ1v) is 3.60. The van der Waals surface area contributed by atoms with Crippen LogP contribution in [0.4, 0.5) is 0 Å². The summed E-state index contributed by atoms with van der Waals surface area (Å²) in [4.78, 5) is 0. The lowest BCUT2D eigenvalue weighted by Crippen LogP contribution is -2.26. The normalized spacial score (nSPS) is 33.2. The van der Waals surface area contributed by atoms with Crippen LogP contribution in [0, 0.1) is 12.3 Å². The van der Waals surface area contributed by atoms with Crippen molar-refractivity contribution in [1.29, 1.82) is 0 Å². The van der Waals surface area contributed by atoms with E-state index in [4.69, 9.17) is 16.3 Å². The predicted molar refractivity (Wildman–Crippen MR) is 38.2 cm³/mol. The molecule has 2 atom stereocenters. The van der Waals surface area contributed by atoms with E-state index in [0.717, 1.165) is 19.3 Å². The molecule has 1 fully saturated rings. The Morgan fingerprint density at radius 3 is 3.00 bits per heavy atom. The maximum atomic E-state index is 9.02. The van der Waals surface area contributed by atoms with E-state index in [9.17, 15) is 0 Å². The zero-order chi connectivity index (χ0) is 7.40. The number of rotatable bonds is 1. The van der Waals surface area contributed by atoms with Crippen LogP contribution in [0.3, 0.4) is 0 Å². The Hall–Kier alpha value is -0.520. The minimum absolute atomic E-state index is 0.0914. The molecular formula is C8H12O2. The van der Waals surface area contributed by atoms with Crippen molar-refractivity contribution in [2.75, 3.05) is 0 Å². The second kappa shape index (κ2) is 3.60. The average molecular weight is 140 g/mol. The summed E-state index contributed by atoms with van der Waals surface area (Å²) in [6, 6.07) is 0. The van der Waals surface area contributed by atoms with Gasteiger partial charge in [-0.05, 0) is 19.3 Å². The van der Waals surface area contributed by atoms with Gasteiger partial charge in [-0.2, -0.15) is 0 Å². The van der Waals surface area contributed by atoms with Crippen molar-refractivity contribution in [3.8, 4) is 12.3 Å². The molecule has 0 aliphatic carbocycles. The number of ether oxygens (including phenoxy) is 1. The van der Waals surface area contributed by atoms with Gasteiger partial charge in [0.25, 0.3) is 0 Å². The second-order valence-corrected chi connectivity index (χ2v) is 2.55. The summed E-state index contributed by atoms with van der Waals surface area (Å²) in [6.07, 6.45) is 7.99. The fourth-order valence-electron chi connectivity index (χ4n) is 1.16. The molecule has 0 spiro atoms. The highest BCUT2D eigenvalue weighted by atomic mass is 16.6. The van der Waals surface area contributed by atoms with Crippen LogP contribution in [0.1, 0.15) is 25.7 Å². The smallest absolute Gasteiger partial charge is 0.154 e. The van der Waals surface area contributed by atoms with Crippen LogP contribution in [-0.2, 0) is 4.74 Å². The predicted octanol–water partition coefficient (Wildman–Crippen LogP) is 0.897. The van der Waals surface area contributed by atoms with Crippen LogP contribution in [-0.4, -0.2) is 17.5 Å². The molecule has 10 heavy (non-hydrogen) atoms. The molecular weight excluding hydrogens is 128 g/mol. The van der Waals surface area contributed by atoms with E-state index in [1.54, 1.807) is 0 Å². The van der Waals surface area contributed by atoms with Crippen LogP contribution in [0.2, 0.25) is 0 Å². The standard InChI is InChI=1S/C8H12O2/c1-2-4-7-5-3-6-8(9)10-7/h1,7-9H,3-6H2. The quantitative estimate of drug-likeness (QED) is 0.548. The highest BCUT2D eigenvalue weighted by Gasteiger charge is 2.18. The van der Waals surface area contributed by atoms with Gasteiger partial charge >= 0.3 is 0 Å². The first kappa shape index (κ1) is 7.59. The molecule has 1 saturated heterocycles. The number of aliphatic hydroxyl groups is 1. The fourth-order valence-corrected chi connectivity index (χ4v) is 1.16. The van der Waals surface area contributed by atoms with Gasteiger partial charge in [-0.3, -0.25) is 0 Å². The molecule has 0 bridgehead atoms. The Kier molecular flexibility index (Phi) is 2.73. The summed E-state index contributed by atoms with van der Waals surface area (Å²) >= 11 is 0. The minimum Gasteiger partial charge on any atom is -0.368 e. The van der Waals surface area contributed by atoms with Gasteiger partial charge in [0.05, 0.1) is 6.10 Å². The lowest BCUT2D eigenvalue weighted by Gasteiger charge is -2.25. The first-order valence-electron chi connectivity index (χ1n) is 3.60. The van der Waals surface area contributed by atoms with Gasteiger partial charge in [-0.15, -0.1) is 12.3 Å². The minimum atomic E-state index is -0.577. The van der Waals surface area contributed by atoms with Crippen LogP contribution in [0.15, 0.2) is 0 Å². The largest absolute Gasteiger partial charge is 0.368 e. The molecule has 1 heterocycles. The number of terminal acetylenes is 1. The van der Waals surface area contributed by atoms with Crippen molar-refractivity contribution >= 4 is 0 Å². The van der Waals surface area contributed by atoms with Crippen molar-refractivity contribution in [2.24, 2.45) is 0 Å². The summed E-state index contributed by atoms with van der Waals surface area (Å²) < 4.78 is 5.14. The maximum Gasteiger partial charge on any atom is 0.154 e. The number of hydrogen-bond acceptors (Lipinski definition) is 2. The lowest BCUT2D eigenvalue weighted by molar-refractivity contribution is -0.160. The zero-order valence-electron chi connectivity index (χ0n) is 5.92. The van der Waals surface area contributed by atoms with E-state index in [1.165, 1.54) is 0 Å². The molecule has 0 amide bonds. The number of hydrogen-bond donors (Lipinski definition) is 1. The summed E-state index contributed by atoms with van der Waals surface area (Å²) in [5, 5.41) is 9.02. The molecule has 0 aromatic carbocycles. The third-order valence-electron chi connectivity index (χ3n) is 1.67. The van der Waals surface area contributed by atoms with Crippen LogP contribution < -0.4 is 0 Å². The fraction of sp³-hybridized carbons (Fsp3) is 0.750. The third kappa shape index (κ3) is 2.02. The molecule has 1 rings (SSSR count). The highest BCUT2D eigenvalue weighted by molar-refractivity contribution is 4.88. The molecule has 1 N–H and O–H groups in total. The lowest BCUT2D eigenvalue weighted by atomic mass is 10.1. The van der Waals surface area contributed by atoms with Crippen molar-refractivity contribution in [1.82, 2.24) is 0 Å². The summed E-state index contributed by atoms with van der Waals surface area (Å²) in [5.74, 6) is 2.52. The Labute approximate surface area is 61.2 Å². The van der Waals surface area contributed by atoms with Gasteiger partial charge < -0.3 is 9.84 Å².